The van der Waals surface area contributed by atoms with Crippen LogP contribution in [0.3, 0.4) is 0 Å². The van der Waals surface area contributed by atoms with Crippen molar-refractivity contribution in [2.75, 3.05) is 0 Å². The van der Waals surface area contributed by atoms with Gasteiger partial charge in [-0.3, -0.25) is 4.79 Å². The Labute approximate surface area is 196 Å². The highest BCUT2D eigenvalue weighted by atomic mass is 79.9. The fraction of sp³-hybridized carbons (Fsp3) is 0.154. The minimum Gasteiger partial charge on any atom is -0.342 e. The van der Waals surface area contributed by atoms with Crippen LogP contribution in [-0.4, -0.2) is 10.9 Å². The lowest BCUT2D eigenvalue weighted by atomic mass is 10.0. The monoisotopic (exact) mass is 510 g/mol. The van der Waals surface area contributed by atoms with Gasteiger partial charge in [0.15, 0.2) is 0 Å². The number of pyridine rings is 1. The van der Waals surface area contributed by atoms with Gasteiger partial charge in [-0.1, -0.05) is 64.5 Å². The Kier molecular flexibility index (Phi) is 5.24. The third-order valence-corrected chi connectivity index (χ3v) is 6.42. The molecule has 1 heterocycles. The molecule has 1 aliphatic rings. The normalized spacial score (nSPS) is 14.8. The maximum absolute atomic E-state index is 13.5. The molecule has 0 aliphatic heterocycles. The molecule has 1 fully saturated rings. The van der Waals surface area contributed by atoms with Gasteiger partial charge in [0.05, 0.1) is 27.9 Å². The second kappa shape index (κ2) is 7.99. The van der Waals surface area contributed by atoms with E-state index < -0.39 is 17.3 Å². The number of rotatable bonds is 4. The summed E-state index contributed by atoms with van der Waals surface area (Å²) >= 11 is 3.41. The zero-order valence-corrected chi connectivity index (χ0v) is 18.9. The molecule has 3 aromatic carbocycles. The molecule has 0 saturated heterocycles. The molecule has 0 unspecified atom stereocenters. The van der Waals surface area contributed by atoms with Gasteiger partial charge in [0.1, 0.15) is 0 Å². The number of benzene rings is 3. The van der Waals surface area contributed by atoms with Gasteiger partial charge < -0.3 is 5.32 Å². The Morgan fingerprint density at radius 2 is 1.70 bits per heavy atom. The number of aromatic nitrogens is 1. The highest BCUT2D eigenvalue weighted by Crippen LogP contribution is 2.45. The van der Waals surface area contributed by atoms with E-state index in [0.717, 1.165) is 35.0 Å². The van der Waals surface area contributed by atoms with Crippen molar-refractivity contribution in [3.63, 3.8) is 0 Å². The van der Waals surface area contributed by atoms with Gasteiger partial charge in [-0.15, -0.1) is 0 Å². The van der Waals surface area contributed by atoms with Gasteiger partial charge in [-0.25, -0.2) is 4.98 Å². The Balaban J connectivity index is 1.60. The van der Waals surface area contributed by atoms with Crippen molar-refractivity contribution >= 4 is 32.7 Å². The maximum Gasteiger partial charge on any atom is 0.416 e. The van der Waals surface area contributed by atoms with E-state index in [1.165, 1.54) is 6.07 Å². The van der Waals surface area contributed by atoms with E-state index in [-0.39, 0.29) is 5.91 Å². The van der Waals surface area contributed by atoms with E-state index >= 15 is 0 Å². The first-order chi connectivity index (χ1) is 15.7. The van der Waals surface area contributed by atoms with Crippen LogP contribution in [0.5, 0.6) is 0 Å². The van der Waals surface area contributed by atoms with Crippen molar-refractivity contribution in [1.82, 2.24) is 10.3 Å². The number of hydrogen-bond donors (Lipinski definition) is 1. The van der Waals surface area contributed by atoms with E-state index in [1.807, 2.05) is 36.4 Å². The third kappa shape index (κ3) is 4.25. The summed E-state index contributed by atoms with van der Waals surface area (Å²) < 4.78 is 40.5. The maximum atomic E-state index is 13.5. The molecule has 1 aliphatic carbocycles. The fourth-order valence-electron chi connectivity index (χ4n) is 4.04. The van der Waals surface area contributed by atoms with Crippen LogP contribution in [0, 0.1) is 0 Å². The van der Waals surface area contributed by atoms with E-state index in [4.69, 9.17) is 0 Å². The van der Waals surface area contributed by atoms with E-state index in [2.05, 4.69) is 26.2 Å². The lowest BCUT2D eigenvalue weighted by Crippen LogP contribution is -2.35. The summed E-state index contributed by atoms with van der Waals surface area (Å²) in [4.78, 5) is 18.0. The highest BCUT2D eigenvalue weighted by molar-refractivity contribution is 9.10. The first kappa shape index (κ1) is 21.6. The number of amides is 1. The number of alkyl halides is 3. The summed E-state index contributed by atoms with van der Waals surface area (Å²) in [5.74, 6) is -0.278. The van der Waals surface area contributed by atoms with Crippen LogP contribution in [-0.2, 0) is 11.7 Å². The van der Waals surface area contributed by atoms with Gasteiger partial charge in [0.2, 0.25) is 0 Å². The van der Waals surface area contributed by atoms with E-state index in [0.29, 0.717) is 27.7 Å². The fourth-order valence-corrected chi connectivity index (χ4v) is 4.39. The summed E-state index contributed by atoms with van der Waals surface area (Å²) in [6.07, 6.45) is -2.81. The number of halogens is 4. The van der Waals surface area contributed by atoms with Crippen molar-refractivity contribution in [3.05, 3.63) is 100 Å². The molecule has 7 heteroatoms. The number of carbonyl (C=O) groups is 1. The molecule has 1 amide bonds. The van der Waals surface area contributed by atoms with Crippen LogP contribution >= 0.6 is 15.9 Å². The molecule has 3 nitrogen and oxygen atoms in total. The first-order valence-electron chi connectivity index (χ1n) is 10.4. The molecule has 1 aromatic heterocycles. The van der Waals surface area contributed by atoms with E-state index in [9.17, 15) is 18.0 Å². The number of hydrogen-bond acceptors (Lipinski definition) is 2. The van der Waals surface area contributed by atoms with Crippen LogP contribution in [0.25, 0.3) is 22.2 Å². The second-order valence-corrected chi connectivity index (χ2v) is 9.11. The molecule has 4 aromatic rings. The molecular formula is C26H18BrF3N2O. The average Bonchev–Trinajstić information content (AvgIpc) is 3.58. The van der Waals surface area contributed by atoms with Crippen LogP contribution in [0.2, 0.25) is 0 Å². The van der Waals surface area contributed by atoms with Crippen LogP contribution in [0.1, 0.15) is 34.3 Å². The topological polar surface area (TPSA) is 42.0 Å². The van der Waals surface area contributed by atoms with Crippen molar-refractivity contribution < 1.29 is 18.0 Å². The van der Waals surface area contributed by atoms with Gasteiger partial charge in [0.25, 0.3) is 5.91 Å². The molecular weight excluding hydrogens is 493 g/mol. The molecule has 5 rings (SSSR count). The number of nitrogens with zero attached hydrogens (tertiary/aromatic N) is 1. The molecule has 0 radical (unpaired) electrons. The Morgan fingerprint density at radius 3 is 2.39 bits per heavy atom. The van der Waals surface area contributed by atoms with Gasteiger partial charge in [-0.2, -0.15) is 13.2 Å². The largest absolute Gasteiger partial charge is 0.416 e. The summed E-state index contributed by atoms with van der Waals surface area (Å²) in [6.45, 7) is 0. The molecule has 0 atom stereocenters. The number of fused-ring (bicyclic) bond motifs is 1. The van der Waals surface area contributed by atoms with Gasteiger partial charge in [0, 0.05) is 15.4 Å². The SMILES string of the molecule is O=C(NC1(c2ccccc2)CC1)c1cc(-c2cccc(C(F)(F)F)c2)nc2cc(Br)ccc12. The predicted molar refractivity (Wildman–Crippen MR) is 125 cm³/mol. The van der Waals surface area contributed by atoms with Crippen molar-refractivity contribution in [1.29, 1.82) is 0 Å². The second-order valence-electron chi connectivity index (χ2n) is 8.20. The molecule has 1 N–H and O–H groups in total. The van der Waals surface area contributed by atoms with Gasteiger partial charge >= 0.3 is 6.18 Å². The van der Waals surface area contributed by atoms with Crippen LogP contribution < -0.4 is 5.32 Å². The van der Waals surface area contributed by atoms with Crippen molar-refractivity contribution in [2.45, 2.75) is 24.6 Å². The standard InChI is InChI=1S/C26H18BrF3N2O/c27-19-9-10-20-21(24(33)32-25(11-12-25)17-6-2-1-3-7-17)15-22(31-23(20)14-19)16-5-4-8-18(13-16)26(28,29)30/h1-10,13-15H,11-12H2,(H,32,33). The summed E-state index contributed by atoms with van der Waals surface area (Å²) in [5.41, 5.74) is 1.36. The predicted octanol–water partition coefficient (Wildman–Crippen LogP) is 7.10. The van der Waals surface area contributed by atoms with E-state index in [1.54, 1.807) is 24.3 Å². The number of nitrogens with one attached hydrogen (secondary N) is 1. The minimum absolute atomic E-state index is 0.278. The first-order valence-corrected chi connectivity index (χ1v) is 11.2. The molecule has 33 heavy (non-hydrogen) atoms. The quantitative estimate of drug-likeness (QED) is 0.318. The minimum atomic E-state index is -4.47. The highest BCUT2D eigenvalue weighted by Gasteiger charge is 2.45. The summed E-state index contributed by atoms with van der Waals surface area (Å²) in [5, 5.41) is 3.80. The Bertz CT molecular complexity index is 1370. The Hall–Kier alpha value is -3.19. The van der Waals surface area contributed by atoms with Crippen LogP contribution in [0.4, 0.5) is 13.2 Å². The zero-order valence-electron chi connectivity index (χ0n) is 17.3. The lowest BCUT2D eigenvalue weighted by Gasteiger charge is -2.19. The summed E-state index contributed by atoms with van der Waals surface area (Å²) in [7, 11) is 0. The smallest absolute Gasteiger partial charge is 0.342 e. The average molecular weight is 511 g/mol. The van der Waals surface area contributed by atoms with Crippen molar-refractivity contribution in [3.8, 4) is 11.3 Å². The summed E-state index contributed by atoms with van der Waals surface area (Å²) in [6, 6.07) is 21.7. The number of carbonyl (C=O) groups excluding carboxylic acids is 1. The molecule has 0 bridgehead atoms. The van der Waals surface area contributed by atoms with Crippen molar-refractivity contribution in [2.24, 2.45) is 0 Å². The molecule has 166 valence electrons. The van der Waals surface area contributed by atoms with Gasteiger partial charge in [-0.05, 0) is 48.7 Å². The Morgan fingerprint density at radius 1 is 0.939 bits per heavy atom. The third-order valence-electron chi connectivity index (χ3n) is 5.93. The zero-order chi connectivity index (χ0) is 23.2. The van der Waals surface area contributed by atoms with Crippen LogP contribution in [0.15, 0.2) is 83.3 Å². The lowest BCUT2D eigenvalue weighted by molar-refractivity contribution is -0.137. The molecule has 1 saturated carbocycles. The molecule has 0 spiro atoms.